The van der Waals surface area contributed by atoms with Crippen molar-refractivity contribution in [2.45, 2.75) is 83.4 Å². The van der Waals surface area contributed by atoms with Gasteiger partial charge in [0.2, 0.25) is 11.9 Å². The molecule has 3 fully saturated rings. The van der Waals surface area contributed by atoms with Crippen molar-refractivity contribution in [3.63, 3.8) is 0 Å². The monoisotopic (exact) mass is 654 g/mol. The summed E-state index contributed by atoms with van der Waals surface area (Å²) in [6.07, 6.45) is 1.41. The maximum atomic E-state index is 14.2. The molecule has 1 aliphatic carbocycles. The lowest BCUT2D eigenvalue weighted by Crippen LogP contribution is -2.49. The highest BCUT2D eigenvalue weighted by Crippen LogP contribution is 2.30. The van der Waals surface area contributed by atoms with Gasteiger partial charge in [0, 0.05) is 44.3 Å². The van der Waals surface area contributed by atoms with Gasteiger partial charge in [0.05, 0.1) is 30.2 Å². The first-order valence-corrected chi connectivity index (χ1v) is 16.6. The van der Waals surface area contributed by atoms with Gasteiger partial charge in [-0.1, -0.05) is 12.1 Å². The Hall–Kier alpha value is -4.07. The predicted molar refractivity (Wildman–Crippen MR) is 173 cm³/mol. The number of morpholine rings is 1. The zero-order valence-electron chi connectivity index (χ0n) is 27.3. The number of piperidine rings is 1. The number of alkyl halides is 2. The molecule has 14 heteroatoms. The number of fused-ring (bicyclic) bond motifs is 1. The summed E-state index contributed by atoms with van der Waals surface area (Å²) >= 11 is 0. The molecule has 4 heterocycles. The Morgan fingerprint density at radius 2 is 1.66 bits per heavy atom. The number of para-hydroxylation sites is 2. The number of halogens is 2. The van der Waals surface area contributed by atoms with Crippen molar-refractivity contribution in [3.8, 4) is 5.82 Å². The van der Waals surface area contributed by atoms with Crippen molar-refractivity contribution in [1.29, 1.82) is 0 Å². The fourth-order valence-corrected chi connectivity index (χ4v) is 6.55. The van der Waals surface area contributed by atoms with Crippen molar-refractivity contribution in [2.24, 2.45) is 5.92 Å². The smallest absolute Gasteiger partial charge is 0.410 e. The molecule has 254 valence electrons. The lowest BCUT2D eigenvalue weighted by atomic mass is 9.90. The van der Waals surface area contributed by atoms with E-state index in [1.54, 1.807) is 35.2 Å². The molecular formula is C33H44F2N8O4. The second kappa shape index (κ2) is 14.0. The van der Waals surface area contributed by atoms with Crippen LogP contribution in [0.5, 0.6) is 0 Å². The number of carbonyl (C=O) groups is 2. The van der Waals surface area contributed by atoms with Crippen molar-refractivity contribution < 1.29 is 27.8 Å². The van der Waals surface area contributed by atoms with E-state index in [4.69, 9.17) is 19.4 Å². The van der Waals surface area contributed by atoms with Crippen LogP contribution in [0.4, 0.5) is 25.3 Å². The largest absolute Gasteiger partial charge is 0.444 e. The SMILES string of the molecule is CC(C)(C)OC(=O)N1CCC[C@@H](C(=O)N[C@H]2CC[C@H](Nc3nc(N4CCOCC4)cc(-n4c(C(F)F)nc5ccccc54)n3)CC2)C1. The zero-order chi connectivity index (χ0) is 33.1. The second-order valence-corrected chi connectivity index (χ2v) is 13.6. The lowest BCUT2D eigenvalue weighted by molar-refractivity contribution is -0.127. The number of likely N-dealkylation sites (tertiary alicyclic amines) is 1. The van der Waals surface area contributed by atoms with Crippen molar-refractivity contribution >= 4 is 34.8 Å². The molecule has 1 atom stereocenters. The molecule has 2 amide bonds. The number of benzene rings is 1. The zero-order valence-corrected chi connectivity index (χ0v) is 27.3. The summed E-state index contributed by atoms with van der Waals surface area (Å²) in [4.78, 5) is 43.2. The van der Waals surface area contributed by atoms with Crippen LogP contribution in [-0.4, -0.2) is 93.5 Å². The highest BCUT2D eigenvalue weighted by atomic mass is 19.3. The van der Waals surface area contributed by atoms with Crippen LogP contribution in [0.3, 0.4) is 0 Å². The van der Waals surface area contributed by atoms with Gasteiger partial charge < -0.3 is 29.9 Å². The summed E-state index contributed by atoms with van der Waals surface area (Å²) in [7, 11) is 0. The lowest BCUT2D eigenvalue weighted by Gasteiger charge is -2.35. The maximum Gasteiger partial charge on any atom is 0.410 e. The number of hydrogen-bond donors (Lipinski definition) is 2. The van der Waals surface area contributed by atoms with E-state index in [9.17, 15) is 18.4 Å². The number of amides is 2. The predicted octanol–water partition coefficient (Wildman–Crippen LogP) is 5.08. The molecule has 0 unspecified atom stereocenters. The van der Waals surface area contributed by atoms with Gasteiger partial charge in [-0.3, -0.25) is 9.36 Å². The Morgan fingerprint density at radius 1 is 0.957 bits per heavy atom. The van der Waals surface area contributed by atoms with E-state index < -0.39 is 12.0 Å². The van der Waals surface area contributed by atoms with Crippen LogP contribution in [0.1, 0.15) is 71.5 Å². The standard InChI is InChI=1S/C33H44F2N8O4/c1-33(2,3)47-32(45)42-14-6-7-21(20-42)30(44)36-22-10-12-23(13-11-22)37-31-39-26(41-15-17-46-18-16-41)19-27(40-31)43-25-9-5-4-8-24(25)38-29(43)28(34)35/h4-5,8-9,19,21-23,28H,6-7,10-18,20H2,1-3H3,(H,36,44)(H,37,39,40)/t21-,22-,23-/m1/s1. The Morgan fingerprint density at radius 3 is 2.38 bits per heavy atom. The van der Waals surface area contributed by atoms with Gasteiger partial charge in [0.25, 0.3) is 6.43 Å². The minimum absolute atomic E-state index is 0.0248. The first kappa shape index (κ1) is 32.9. The van der Waals surface area contributed by atoms with Crippen LogP contribution in [0.2, 0.25) is 0 Å². The molecule has 0 spiro atoms. The van der Waals surface area contributed by atoms with Gasteiger partial charge in [-0.2, -0.15) is 9.97 Å². The Kier molecular flexibility index (Phi) is 9.76. The highest BCUT2D eigenvalue weighted by Gasteiger charge is 2.33. The number of aromatic nitrogens is 4. The molecule has 47 heavy (non-hydrogen) atoms. The number of anilines is 2. The minimum Gasteiger partial charge on any atom is -0.444 e. The van der Waals surface area contributed by atoms with Gasteiger partial charge in [-0.25, -0.2) is 18.6 Å². The molecule has 0 bridgehead atoms. The molecule has 12 nitrogen and oxygen atoms in total. The number of ether oxygens (including phenoxy) is 2. The molecule has 6 rings (SSSR count). The number of nitrogens with one attached hydrogen (secondary N) is 2. The van der Waals surface area contributed by atoms with Gasteiger partial charge in [-0.05, 0) is 71.4 Å². The maximum absolute atomic E-state index is 14.2. The first-order valence-electron chi connectivity index (χ1n) is 16.6. The molecule has 1 aromatic carbocycles. The Labute approximate surface area is 273 Å². The van der Waals surface area contributed by atoms with Crippen molar-refractivity contribution in [3.05, 3.63) is 36.2 Å². The van der Waals surface area contributed by atoms with Crippen LogP contribution in [-0.2, 0) is 14.3 Å². The molecule has 2 aliphatic heterocycles. The molecular weight excluding hydrogens is 610 g/mol. The third kappa shape index (κ3) is 7.91. The van der Waals surface area contributed by atoms with Gasteiger partial charge >= 0.3 is 6.09 Å². The summed E-state index contributed by atoms with van der Waals surface area (Å²) in [5.74, 6) is 0.656. The van der Waals surface area contributed by atoms with Crippen molar-refractivity contribution in [1.82, 2.24) is 29.7 Å². The third-order valence-corrected chi connectivity index (χ3v) is 8.90. The fourth-order valence-electron chi connectivity index (χ4n) is 6.55. The third-order valence-electron chi connectivity index (χ3n) is 8.90. The van der Waals surface area contributed by atoms with Crippen molar-refractivity contribution in [2.75, 3.05) is 49.6 Å². The minimum atomic E-state index is -2.79. The van der Waals surface area contributed by atoms with Crippen LogP contribution in [0, 0.1) is 5.92 Å². The quantitative estimate of drug-likeness (QED) is 0.359. The van der Waals surface area contributed by atoms with E-state index >= 15 is 0 Å². The molecule has 3 aromatic rings. The average molecular weight is 655 g/mol. The van der Waals surface area contributed by atoms with E-state index in [-0.39, 0.29) is 35.8 Å². The summed E-state index contributed by atoms with van der Waals surface area (Å²) in [6, 6.07) is 8.84. The molecule has 3 aliphatic rings. The number of rotatable bonds is 7. The highest BCUT2D eigenvalue weighted by molar-refractivity contribution is 5.80. The van der Waals surface area contributed by atoms with Crippen LogP contribution in [0.25, 0.3) is 16.9 Å². The number of imidazole rings is 1. The fraction of sp³-hybridized carbons (Fsp3) is 0.606. The Balaban J connectivity index is 1.12. The van der Waals surface area contributed by atoms with Gasteiger partial charge in [0.15, 0.2) is 5.82 Å². The number of nitrogens with zero attached hydrogens (tertiary/aromatic N) is 6. The second-order valence-electron chi connectivity index (χ2n) is 13.6. The van der Waals surface area contributed by atoms with E-state index in [2.05, 4.69) is 20.5 Å². The molecule has 1 saturated carbocycles. The van der Waals surface area contributed by atoms with E-state index in [0.29, 0.717) is 68.0 Å². The molecule has 2 aromatic heterocycles. The summed E-state index contributed by atoms with van der Waals surface area (Å²) in [5.41, 5.74) is 0.427. The number of hydrogen-bond acceptors (Lipinski definition) is 9. The average Bonchev–Trinajstić information content (AvgIpc) is 3.46. The summed E-state index contributed by atoms with van der Waals surface area (Å²) in [6.45, 7) is 8.81. The van der Waals surface area contributed by atoms with Gasteiger partial charge in [0.1, 0.15) is 17.2 Å². The molecule has 0 radical (unpaired) electrons. The number of carbonyl (C=O) groups excluding carboxylic acids is 2. The van der Waals surface area contributed by atoms with Gasteiger partial charge in [-0.15, -0.1) is 0 Å². The van der Waals surface area contributed by atoms with Crippen LogP contribution in [0.15, 0.2) is 30.3 Å². The first-order chi connectivity index (χ1) is 22.5. The van der Waals surface area contributed by atoms with E-state index in [1.165, 1.54) is 4.57 Å². The molecule has 2 saturated heterocycles. The van der Waals surface area contributed by atoms with Crippen LogP contribution >= 0.6 is 0 Å². The molecule has 2 N–H and O–H groups in total. The normalized spacial score (nSPS) is 22.4. The topological polar surface area (TPSA) is 127 Å². The summed E-state index contributed by atoms with van der Waals surface area (Å²) in [5, 5.41) is 6.68. The van der Waals surface area contributed by atoms with Crippen LogP contribution < -0.4 is 15.5 Å². The van der Waals surface area contributed by atoms with E-state index in [1.807, 2.05) is 20.8 Å². The Bertz CT molecular complexity index is 1560. The summed E-state index contributed by atoms with van der Waals surface area (Å²) < 4.78 is 40.9. The van der Waals surface area contributed by atoms with E-state index in [0.717, 1.165) is 38.5 Å².